The van der Waals surface area contributed by atoms with Gasteiger partial charge in [-0.25, -0.2) is 0 Å². The number of carboxylic acid groups (broad SMARTS) is 1. The number of hydrogen-bond acceptors (Lipinski definition) is 3. The molecule has 1 rings (SSSR count). The van der Waals surface area contributed by atoms with Crippen molar-refractivity contribution < 1.29 is 9.90 Å². The molecule has 1 fully saturated rings. The van der Waals surface area contributed by atoms with Crippen LogP contribution in [0.3, 0.4) is 0 Å². The first-order valence-electron chi connectivity index (χ1n) is 6.25. The summed E-state index contributed by atoms with van der Waals surface area (Å²) < 4.78 is 0. The van der Waals surface area contributed by atoms with Crippen molar-refractivity contribution in [2.24, 2.45) is 0 Å². The monoisotopic (exact) mass is 228 g/mol. The van der Waals surface area contributed by atoms with Crippen LogP contribution in [0, 0.1) is 0 Å². The third-order valence-corrected chi connectivity index (χ3v) is 3.41. The van der Waals surface area contributed by atoms with Crippen molar-refractivity contribution in [1.29, 1.82) is 0 Å². The van der Waals surface area contributed by atoms with Crippen LogP contribution in [0.1, 0.15) is 39.0 Å². The fraction of sp³-hybridized carbons (Fsp3) is 0.917. The second-order valence-corrected chi connectivity index (χ2v) is 4.87. The Kier molecular flexibility index (Phi) is 5.77. The molecule has 1 aliphatic heterocycles. The predicted molar refractivity (Wildman–Crippen MR) is 64.6 cm³/mol. The van der Waals surface area contributed by atoms with Crippen molar-refractivity contribution >= 4 is 5.97 Å². The van der Waals surface area contributed by atoms with E-state index in [1.165, 1.54) is 25.8 Å². The average molecular weight is 228 g/mol. The van der Waals surface area contributed by atoms with E-state index < -0.39 is 5.97 Å². The van der Waals surface area contributed by atoms with E-state index in [-0.39, 0.29) is 6.42 Å². The van der Waals surface area contributed by atoms with Crippen molar-refractivity contribution in [2.75, 3.05) is 20.1 Å². The van der Waals surface area contributed by atoms with Gasteiger partial charge in [0.1, 0.15) is 0 Å². The Balaban J connectivity index is 2.14. The number of rotatable bonds is 6. The number of carboxylic acids is 1. The number of carbonyl (C=O) groups is 1. The minimum absolute atomic E-state index is 0.259. The molecule has 0 aromatic rings. The molecule has 1 saturated heterocycles. The number of nitrogens with zero attached hydrogens (tertiary/aromatic N) is 1. The van der Waals surface area contributed by atoms with Crippen molar-refractivity contribution in [3.63, 3.8) is 0 Å². The molecule has 1 aliphatic rings. The Hall–Kier alpha value is -0.610. The largest absolute Gasteiger partial charge is 0.481 e. The van der Waals surface area contributed by atoms with Crippen LogP contribution in [0.4, 0.5) is 0 Å². The summed E-state index contributed by atoms with van der Waals surface area (Å²) in [5.41, 5.74) is 0. The molecule has 0 radical (unpaired) electrons. The average Bonchev–Trinajstić information content (AvgIpc) is 2.25. The van der Waals surface area contributed by atoms with Crippen molar-refractivity contribution in [1.82, 2.24) is 10.2 Å². The normalized spacial score (nSPS) is 24.2. The summed E-state index contributed by atoms with van der Waals surface area (Å²) in [6.45, 7) is 4.24. The van der Waals surface area contributed by atoms with Crippen molar-refractivity contribution in [3.8, 4) is 0 Å². The Bertz CT molecular complexity index is 221. The molecule has 4 nitrogen and oxygen atoms in total. The third-order valence-electron chi connectivity index (χ3n) is 3.41. The Morgan fingerprint density at radius 3 is 2.94 bits per heavy atom. The number of nitrogens with one attached hydrogen (secondary N) is 1. The maximum absolute atomic E-state index is 10.4. The van der Waals surface area contributed by atoms with E-state index in [9.17, 15) is 4.79 Å². The summed E-state index contributed by atoms with van der Waals surface area (Å²) in [6, 6.07) is 0.924. The zero-order chi connectivity index (χ0) is 12.0. The SMILES string of the molecule is CC(CCC(=O)O)NCC1CCCCN1C. The first kappa shape index (κ1) is 13.5. The third kappa shape index (κ3) is 4.94. The molecule has 0 aromatic carbocycles. The minimum atomic E-state index is -0.705. The van der Waals surface area contributed by atoms with Crippen molar-refractivity contribution in [2.45, 2.75) is 51.1 Å². The molecule has 0 aliphatic carbocycles. The lowest BCUT2D eigenvalue weighted by molar-refractivity contribution is -0.137. The highest BCUT2D eigenvalue weighted by Gasteiger charge is 2.18. The van der Waals surface area contributed by atoms with Gasteiger partial charge in [-0.1, -0.05) is 6.42 Å². The van der Waals surface area contributed by atoms with E-state index >= 15 is 0 Å². The molecule has 0 amide bonds. The molecule has 1 heterocycles. The predicted octanol–water partition coefficient (Wildman–Crippen LogP) is 1.31. The fourth-order valence-corrected chi connectivity index (χ4v) is 2.18. The smallest absolute Gasteiger partial charge is 0.303 e. The molecule has 2 N–H and O–H groups in total. The summed E-state index contributed by atoms with van der Waals surface area (Å²) in [5, 5.41) is 12.0. The fourth-order valence-electron chi connectivity index (χ4n) is 2.18. The van der Waals surface area contributed by atoms with Gasteiger partial charge < -0.3 is 15.3 Å². The zero-order valence-corrected chi connectivity index (χ0v) is 10.4. The molecule has 0 aromatic heterocycles. The number of likely N-dealkylation sites (tertiary alicyclic amines) is 1. The van der Waals surface area contributed by atoms with Gasteiger partial charge in [0.25, 0.3) is 0 Å². The first-order valence-corrected chi connectivity index (χ1v) is 6.25. The summed E-state index contributed by atoms with van der Waals surface area (Å²) in [6.07, 6.45) is 4.86. The van der Waals surface area contributed by atoms with E-state index in [2.05, 4.69) is 24.2 Å². The lowest BCUT2D eigenvalue weighted by Gasteiger charge is -2.33. The van der Waals surface area contributed by atoms with Gasteiger partial charge in [0.05, 0.1) is 0 Å². The Morgan fingerprint density at radius 2 is 2.31 bits per heavy atom. The summed E-state index contributed by atoms with van der Waals surface area (Å²) in [7, 11) is 2.17. The molecule has 94 valence electrons. The van der Waals surface area contributed by atoms with Gasteiger partial charge in [0.15, 0.2) is 0 Å². The number of piperidine rings is 1. The van der Waals surface area contributed by atoms with E-state index in [1.54, 1.807) is 0 Å². The Morgan fingerprint density at radius 1 is 1.56 bits per heavy atom. The maximum Gasteiger partial charge on any atom is 0.303 e. The van der Waals surface area contributed by atoms with Crippen LogP contribution in [-0.4, -0.2) is 48.2 Å². The summed E-state index contributed by atoms with van der Waals surface area (Å²) in [4.78, 5) is 12.8. The minimum Gasteiger partial charge on any atom is -0.481 e. The van der Waals surface area contributed by atoms with Crippen LogP contribution in [-0.2, 0) is 4.79 Å². The lowest BCUT2D eigenvalue weighted by Crippen LogP contribution is -2.45. The van der Waals surface area contributed by atoms with E-state index in [0.29, 0.717) is 18.5 Å². The number of hydrogen-bond donors (Lipinski definition) is 2. The molecule has 0 spiro atoms. The van der Waals surface area contributed by atoms with Gasteiger partial charge in [-0.15, -0.1) is 0 Å². The van der Waals surface area contributed by atoms with Crippen LogP contribution >= 0.6 is 0 Å². The van der Waals surface area contributed by atoms with Crippen molar-refractivity contribution in [3.05, 3.63) is 0 Å². The highest BCUT2D eigenvalue weighted by Crippen LogP contribution is 2.14. The highest BCUT2D eigenvalue weighted by molar-refractivity contribution is 5.66. The molecule has 0 saturated carbocycles. The van der Waals surface area contributed by atoms with Crippen LogP contribution in [0.15, 0.2) is 0 Å². The number of likely N-dealkylation sites (N-methyl/N-ethyl adjacent to an activating group) is 1. The second-order valence-electron chi connectivity index (χ2n) is 4.87. The topological polar surface area (TPSA) is 52.6 Å². The Labute approximate surface area is 98.0 Å². The van der Waals surface area contributed by atoms with Gasteiger partial charge in [0, 0.05) is 25.0 Å². The molecular formula is C12H24N2O2. The molecule has 0 bridgehead atoms. The summed E-state index contributed by atoms with van der Waals surface area (Å²) >= 11 is 0. The van der Waals surface area contributed by atoms with Crippen LogP contribution < -0.4 is 5.32 Å². The van der Waals surface area contributed by atoms with E-state index in [4.69, 9.17) is 5.11 Å². The van der Waals surface area contributed by atoms with E-state index in [0.717, 1.165) is 6.54 Å². The van der Waals surface area contributed by atoms with E-state index in [1.807, 2.05) is 0 Å². The van der Waals surface area contributed by atoms with Gasteiger partial charge >= 0.3 is 5.97 Å². The first-order chi connectivity index (χ1) is 7.59. The molecule has 16 heavy (non-hydrogen) atoms. The molecule has 2 unspecified atom stereocenters. The highest BCUT2D eigenvalue weighted by atomic mass is 16.4. The standard InChI is InChI=1S/C12H24N2O2/c1-10(6-7-12(15)16)13-9-11-5-3-4-8-14(11)2/h10-11,13H,3-9H2,1-2H3,(H,15,16). The zero-order valence-electron chi connectivity index (χ0n) is 10.4. The van der Waals surface area contributed by atoms with Crippen LogP contribution in [0.5, 0.6) is 0 Å². The molecular weight excluding hydrogens is 204 g/mol. The van der Waals surface area contributed by atoms with Gasteiger partial charge in [-0.05, 0) is 39.8 Å². The van der Waals surface area contributed by atoms with Crippen LogP contribution in [0.2, 0.25) is 0 Å². The van der Waals surface area contributed by atoms with Gasteiger partial charge in [-0.2, -0.15) is 0 Å². The van der Waals surface area contributed by atoms with Crippen LogP contribution in [0.25, 0.3) is 0 Å². The second kappa shape index (κ2) is 6.86. The molecule has 2 atom stereocenters. The van der Waals surface area contributed by atoms with Gasteiger partial charge in [-0.3, -0.25) is 4.79 Å². The molecule has 4 heteroatoms. The number of aliphatic carboxylic acids is 1. The summed E-state index contributed by atoms with van der Waals surface area (Å²) in [5.74, 6) is -0.705. The quantitative estimate of drug-likeness (QED) is 0.720. The van der Waals surface area contributed by atoms with Gasteiger partial charge in [0.2, 0.25) is 0 Å². The maximum atomic E-state index is 10.4. The lowest BCUT2D eigenvalue weighted by atomic mass is 10.0.